The molecule has 150 valence electrons. The molecule has 0 saturated heterocycles. The molecule has 4 nitrogen and oxygen atoms in total. The van der Waals surface area contributed by atoms with Crippen LogP contribution < -0.4 is 14.2 Å². The Labute approximate surface area is 163 Å². The lowest BCUT2D eigenvalue weighted by Crippen LogP contribution is -2.30. The molecule has 1 N–H and O–H groups in total. The molecule has 4 heteroatoms. The lowest BCUT2D eigenvalue weighted by atomic mass is 9.69. The van der Waals surface area contributed by atoms with Gasteiger partial charge in [0.1, 0.15) is 6.10 Å². The fourth-order valence-electron chi connectivity index (χ4n) is 4.62. The number of methoxy groups -OCH3 is 1. The van der Waals surface area contributed by atoms with Gasteiger partial charge in [0.05, 0.1) is 7.11 Å². The molecule has 0 amide bonds. The average molecular weight is 375 g/mol. The highest BCUT2D eigenvalue weighted by atomic mass is 16.7. The summed E-state index contributed by atoms with van der Waals surface area (Å²) in [6.07, 6.45) is 2.56. The standard InChI is InChI=1S/C23H34O4/c1-13(2)15-12-16(18(24)17-14(3)10-9-11-22(17,4)5)19(25-8)21-20(15)26-23(6,7)27-21/h12-13,18,24H,9-11H2,1-8H3. The van der Waals surface area contributed by atoms with E-state index in [0.29, 0.717) is 11.5 Å². The first-order valence-corrected chi connectivity index (χ1v) is 9.99. The number of hydrogen-bond acceptors (Lipinski definition) is 4. The van der Waals surface area contributed by atoms with Crippen LogP contribution in [0, 0.1) is 5.41 Å². The summed E-state index contributed by atoms with van der Waals surface area (Å²) in [6, 6.07) is 2.04. The van der Waals surface area contributed by atoms with Gasteiger partial charge in [-0.25, -0.2) is 0 Å². The monoisotopic (exact) mass is 374 g/mol. The molecule has 1 aliphatic heterocycles. The SMILES string of the molecule is COc1c(C(O)C2=C(C)CCCC2(C)C)cc(C(C)C)c2c1OC(C)(C)O2. The van der Waals surface area contributed by atoms with Crippen molar-refractivity contribution in [2.24, 2.45) is 5.41 Å². The van der Waals surface area contributed by atoms with E-state index in [0.717, 1.165) is 35.3 Å². The topological polar surface area (TPSA) is 47.9 Å². The molecular formula is C23H34O4. The van der Waals surface area contributed by atoms with Crippen molar-refractivity contribution in [3.05, 3.63) is 28.3 Å². The molecule has 2 aliphatic rings. The number of allylic oxidation sites excluding steroid dienone is 1. The third kappa shape index (κ3) is 3.44. The van der Waals surface area contributed by atoms with Crippen LogP contribution in [0.25, 0.3) is 0 Å². The van der Waals surface area contributed by atoms with Crippen LogP contribution in [0.2, 0.25) is 0 Å². The maximum absolute atomic E-state index is 11.5. The van der Waals surface area contributed by atoms with Crippen molar-refractivity contribution in [2.75, 3.05) is 7.11 Å². The van der Waals surface area contributed by atoms with Crippen molar-refractivity contribution < 1.29 is 19.3 Å². The zero-order chi connectivity index (χ0) is 20.1. The minimum atomic E-state index is -0.748. The van der Waals surface area contributed by atoms with Crippen LogP contribution in [0.1, 0.15) is 90.9 Å². The first-order chi connectivity index (χ1) is 12.5. The zero-order valence-corrected chi connectivity index (χ0v) is 18.0. The van der Waals surface area contributed by atoms with Crippen molar-refractivity contribution in [1.29, 1.82) is 0 Å². The summed E-state index contributed by atoms with van der Waals surface area (Å²) in [7, 11) is 1.63. The number of aliphatic hydroxyl groups is 1. The second-order valence-corrected chi connectivity index (χ2v) is 9.34. The van der Waals surface area contributed by atoms with Gasteiger partial charge in [-0.2, -0.15) is 0 Å². The molecular weight excluding hydrogens is 340 g/mol. The first kappa shape index (κ1) is 20.1. The van der Waals surface area contributed by atoms with Gasteiger partial charge in [-0.05, 0) is 49.2 Å². The Bertz CT molecular complexity index is 771. The maximum atomic E-state index is 11.5. The number of benzene rings is 1. The Morgan fingerprint density at radius 3 is 2.26 bits per heavy atom. The van der Waals surface area contributed by atoms with Crippen LogP contribution in [-0.2, 0) is 0 Å². The third-order valence-electron chi connectivity index (χ3n) is 5.88. The highest BCUT2D eigenvalue weighted by molar-refractivity contribution is 5.64. The Balaban J connectivity index is 2.21. The second-order valence-electron chi connectivity index (χ2n) is 9.34. The van der Waals surface area contributed by atoms with Crippen LogP contribution >= 0.6 is 0 Å². The quantitative estimate of drug-likeness (QED) is 0.668. The van der Waals surface area contributed by atoms with E-state index in [1.54, 1.807) is 7.11 Å². The summed E-state index contributed by atoms with van der Waals surface area (Å²) >= 11 is 0. The van der Waals surface area contributed by atoms with E-state index in [1.807, 2.05) is 19.9 Å². The van der Waals surface area contributed by atoms with Gasteiger partial charge >= 0.3 is 0 Å². The molecule has 1 aromatic carbocycles. The summed E-state index contributed by atoms with van der Waals surface area (Å²) in [5.41, 5.74) is 4.16. The van der Waals surface area contributed by atoms with E-state index >= 15 is 0 Å². The summed E-state index contributed by atoms with van der Waals surface area (Å²) < 4.78 is 17.9. The molecule has 0 bridgehead atoms. The summed E-state index contributed by atoms with van der Waals surface area (Å²) in [4.78, 5) is 0. The van der Waals surface area contributed by atoms with Gasteiger partial charge in [-0.1, -0.05) is 33.3 Å². The number of ether oxygens (including phenoxy) is 3. The van der Waals surface area contributed by atoms with Gasteiger partial charge in [0.15, 0.2) is 11.5 Å². The number of rotatable bonds is 4. The minimum Gasteiger partial charge on any atom is -0.492 e. The average Bonchev–Trinajstić information content (AvgIpc) is 2.86. The molecule has 1 aliphatic carbocycles. The Hall–Kier alpha value is -1.68. The molecule has 0 spiro atoms. The molecule has 27 heavy (non-hydrogen) atoms. The Kier molecular flexibility index (Phi) is 5.00. The number of fused-ring (bicyclic) bond motifs is 1. The van der Waals surface area contributed by atoms with Crippen LogP contribution in [0.4, 0.5) is 0 Å². The highest BCUT2D eigenvalue weighted by Crippen LogP contribution is 2.55. The molecule has 1 heterocycles. The molecule has 3 rings (SSSR count). The van der Waals surface area contributed by atoms with Crippen molar-refractivity contribution in [2.45, 2.75) is 85.5 Å². The molecule has 0 radical (unpaired) electrons. The van der Waals surface area contributed by atoms with E-state index in [1.165, 1.54) is 12.0 Å². The number of aliphatic hydroxyl groups excluding tert-OH is 1. The van der Waals surface area contributed by atoms with Gasteiger partial charge in [-0.15, -0.1) is 0 Å². The predicted molar refractivity (Wildman–Crippen MR) is 108 cm³/mol. The van der Waals surface area contributed by atoms with Crippen molar-refractivity contribution in [1.82, 2.24) is 0 Å². The van der Waals surface area contributed by atoms with Crippen LogP contribution in [-0.4, -0.2) is 18.0 Å². The minimum absolute atomic E-state index is 0.0413. The van der Waals surface area contributed by atoms with Crippen molar-refractivity contribution in [3.63, 3.8) is 0 Å². The smallest absolute Gasteiger partial charge is 0.246 e. The summed E-state index contributed by atoms with van der Waals surface area (Å²) in [6.45, 7) is 14.6. The molecule has 0 fully saturated rings. The highest BCUT2D eigenvalue weighted by Gasteiger charge is 2.41. The van der Waals surface area contributed by atoms with Gasteiger partial charge in [0, 0.05) is 25.0 Å². The maximum Gasteiger partial charge on any atom is 0.246 e. The first-order valence-electron chi connectivity index (χ1n) is 9.99. The second kappa shape index (κ2) is 6.73. The van der Waals surface area contributed by atoms with Gasteiger partial charge < -0.3 is 19.3 Å². The van der Waals surface area contributed by atoms with E-state index in [-0.39, 0.29) is 11.3 Å². The lowest BCUT2D eigenvalue weighted by molar-refractivity contribution is -0.0444. The van der Waals surface area contributed by atoms with E-state index in [4.69, 9.17) is 14.2 Å². The Morgan fingerprint density at radius 1 is 1.07 bits per heavy atom. The fraction of sp³-hybridized carbons (Fsp3) is 0.652. The largest absolute Gasteiger partial charge is 0.492 e. The van der Waals surface area contributed by atoms with Crippen molar-refractivity contribution in [3.8, 4) is 17.2 Å². The third-order valence-corrected chi connectivity index (χ3v) is 5.88. The molecule has 1 unspecified atom stereocenters. The number of hydrogen-bond donors (Lipinski definition) is 1. The molecule has 0 aromatic heterocycles. The van der Waals surface area contributed by atoms with Gasteiger partial charge in [0.2, 0.25) is 11.5 Å². The van der Waals surface area contributed by atoms with E-state index < -0.39 is 11.9 Å². The molecule has 1 atom stereocenters. The van der Waals surface area contributed by atoms with Gasteiger partial charge in [0.25, 0.3) is 0 Å². The fourth-order valence-corrected chi connectivity index (χ4v) is 4.62. The van der Waals surface area contributed by atoms with Crippen LogP contribution in [0.15, 0.2) is 17.2 Å². The summed E-state index contributed by atoms with van der Waals surface area (Å²) in [5, 5.41) is 11.5. The van der Waals surface area contributed by atoms with E-state index in [2.05, 4.69) is 34.6 Å². The predicted octanol–water partition coefficient (Wildman–Crippen LogP) is 5.89. The van der Waals surface area contributed by atoms with Crippen molar-refractivity contribution >= 4 is 0 Å². The molecule has 0 saturated carbocycles. The zero-order valence-electron chi connectivity index (χ0n) is 18.0. The normalized spacial score (nSPS) is 21.6. The summed E-state index contributed by atoms with van der Waals surface area (Å²) in [5.74, 6) is 1.41. The van der Waals surface area contributed by atoms with Crippen LogP contribution in [0.5, 0.6) is 17.2 Å². The lowest BCUT2D eigenvalue weighted by Gasteiger charge is -2.37. The Morgan fingerprint density at radius 2 is 1.70 bits per heavy atom. The molecule has 1 aromatic rings. The van der Waals surface area contributed by atoms with E-state index in [9.17, 15) is 5.11 Å². The van der Waals surface area contributed by atoms with Crippen LogP contribution in [0.3, 0.4) is 0 Å². The van der Waals surface area contributed by atoms with Gasteiger partial charge in [-0.3, -0.25) is 0 Å².